The highest BCUT2D eigenvalue weighted by Crippen LogP contribution is 2.31. The van der Waals surface area contributed by atoms with Gasteiger partial charge in [-0.15, -0.1) is 16.8 Å². The zero-order valence-corrected chi connectivity index (χ0v) is 16.9. The van der Waals surface area contributed by atoms with Crippen LogP contribution in [0, 0.1) is 0 Å². The summed E-state index contributed by atoms with van der Waals surface area (Å²) in [5.41, 5.74) is 0.853. The van der Waals surface area contributed by atoms with Crippen LogP contribution in [0.5, 0.6) is 5.75 Å². The lowest BCUT2D eigenvalue weighted by Crippen LogP contribution is -2.25. The van der Waals surface area contributed by atoms with E-state index in [0.29, 0.717) is 24.5 Å². The van der Waals surface area contributed by atoms with Crippen LogP contribution >= 0.6 is 11.8 Å². The van der Waals surface area contributed by atoms with Crippen molar-refractivity contribution in [3.63, 3.8) is 0 Å². The fraction of sp³-hybridized carbons (Fsp3) is 0.412. The van der Waals surface area contributed by atoms with Crippen LogP contribution < -0.4 is 4.74 Å². The molecule has 1 aromatic heterocycles. The summed E-state index contributed by atoms with van der Waals surface area (Å²) in [4.78, 5) is 0. The molecule has 0 atom stereocenters. The van der Waals surface area contributed by atoms with E-state index >= 15 is 0 Å². The van der Waals surface area contributed by atoms with Crippen LogP contribution in [0.1, 0.15) is 6.42 Å². The molecule has 0 aliphatic carbocycles. The van der Waals surface area contributed by atoms with E-state index in [2.05, 4.69) is 16.8 Å². The van der Waals surface area contributed by atoms with Gasteiger partial charge in [0.05, 0.1) is 18.4 Å². The summed E-state index contributed by atoms with van der Waals surface area (Å²) in [5, 5.41) is 9.31. The lowest BCUT2D eigenvalue weighted by Gasteiger charge is -2.11. The number of hydrogen-bond donors (Lipinski definition) is 0. The zero-order chi connectivity index (χ0) is 19.2. The molecule has 0 unspecified atom stereocenters. The summed E-state index contributed by atoms with van der Waals surface area (Å²) in [7, 11) is 1.53. The summed E-state index contributed by atoms with van der Waals surface area (Å²) >= 11 is 1.49. The number of methoxy groups -OCH3 is 1. The Morgan fingerprint density at radius 1 is 1.31 bits per heavy atom. The molecule has 0 amide bonds. The summed E-state index contributed by atoms with van der Waals surface area (Å²) in [6.07, 6.45) is 2.32. The highest BCUT2D eigenvalue weighted by atomic mass is 32.2. The number of allylic oxidation sites excluding steroid dienone is 1. The molecular formula is C17H24N4O3S2. The van der Waals surface area contributed by atoms with Crippen molar-refractivity contribution < 1.29 is 13.2 Å². The highest BCUT2D eigenvalue weighted by Gasteiger charge is 2.17. The number of aromatic nitrogens is 3. The van der Waals surface area contributed by atoms with Crippen LogP contribution in [0.3, 0.4) is 0 Å². The molecule has 0 saturated heterocycles. The van der Waals surface area contributed by atoms with E-state index in [-0.39, 0.29) is 5.75 Å². The monoisotopic (exact) mass is 396 g/mol. The van der Waals surface area contributed by atoms with Crippen molar-refractivity contribution in [1.29, 1.82) is 0 Å². The molecule has 0 bridgehead atoms. The third-order valence-corrected chi connectivity index (χ3v) is 6.68. The van der Waals surface area contributed by atoms with Crippen molar-refractivity contribution in [2.24, 2.45) is 0 Å². The number of ether oxygens (including phenoxy) is 1. The Bertz CT molecular complexity index is 847. The predicted molar refractivity (Wildman–Crippen MR) is 105 cm³/mol. The minimum absolute atomic E-state index is 0.113. The molecular weight excluding hydrogens is 372 g/mol. The van der Waals surface area contributed by atoms with E-state index in [9.17, 15) is 8.42 Å². The second-order valence-corrected chi connectivity index (χ2v) is 9.07. The van der Waals surface area contributed by atoms with E-state index in [1.54, 1.807) is 27.3 Å². The van der Waals surface area contributed by atoms with Gasteiger partial charge in [0.25, 0.3) is 0 Å². The molecule has 0 N–H and O–H groups in total. The molecule has 1 heterocycles. The summed E-state index contributed by atoms with van der Waals surface area (Å²) in [6, 6.07) is 7.63. The maximum atomic E-state index is 11.8. The Balaban J connectivity index is 2.15. The van der Waals surface area contributed by atoms with Gasteiger partial charge in [0, 0.05) is 26.4 Å². The molecule has 26 heavy (non-hydrogen) atoms. The minimum Gasteiger partial charge on any atom is -0.496 e. The number of thioether (sulfide) groups is 1. The van der Waals surface area contributed by atoms with Crippen LogP contribution in [0.2, 0.25) is 0 Å². The topological polar surface area (TPSA) is 77.3 Å². The molecule has 9 heteroatoms. The summed E-state index contributed by atoms with van der Waals surface area (Å²) < 4.78 is 32.3. The molecule has 0 radical (unpaired) electrons. The third kappa shape index (κ3) is 4.87. The molecule has 0 fully saturated rings. The zero-order valence-electron chi connectivity index (χ0n) is 15.3. The van der Waals surface area contributed by atoms with Crippen molar-refractivity contribution in [2.45, 2.75) is 18.1 Å². The second kappa shape index (κ2) is 9.20. The first-order valence-electron chi connectivity index (χ1n) is 8.11. The van der Waals surface area contributed by atoms with Gasteiger partial charge >= 0.3 is 0 Å². The molecule has 2 aromatic rings. The van der Waals surface area contributed by atoms with Gasteiger partial charge in [0.15, 0.2) is 11.0 Å². The van der Waals surface area contributed by atoms with Crippen molar-refractivity contribution in [3.05, 3.63) is 36.9 Å². The van der Waals surface area contributed by atoms with Crippen LogP contribution in [0.15, 0.2) is 42.1 Å². The van der Waals surface area contributed by atoms with Crippen molar-refractivity contribution in [2.75, 3.05) is 32.7 Å². The Labute approximate surface area is 159 Å². The number of sulfonamides is 1. The van der Waals surface area contributed by atoms with E-state index in [1.165, 1.54) is 16.1 Å². The van der Waals surface area contributed by atoms with Gasteiger partial charge in [0.2, 0.25) is 10.0 Å². The molecule has 142 valence electrons. The number of nitrogens with zero attached hydrogens (tertiary/aromatic N) is 4. The largest absolute Gasteiger partial charge is 0.496 e. The Kier molecular flexibility index (Phi) is 7.24. The maximum Gasteiger partial charge on any atom is 0.213 e. The number of hydrogen-bond acceptors (Lipinski definition) is 6. The Hall–Kier alpha value is -1.84. The average molecular weight is 397 g/mol. The molecule has 1 aromatic carbocycles. The van der Waals surface area contributed by atoms with E-state index in [1.807, 2.05) is 28.8 Å². The van der Waals surface area contributed by atoms with Crippen LogP contribution in [0.4, 0.5) is 0 Å². The van der Waals surface area contributed by atoms with Gasteiger partial charge in [-0.05, 0) is 18.6 Å². The Morgan fingerprint density at radius 3 is 2.69 bits per heavy atom. The fourth-order valence-corrected chi connectivity index (χ4v) is 4.25. The Morgan fingerprint density at radius 2 is 2.04 bits per heavy atom. The number of rotatable bonds is 10. The van der Waals surface area contributed by atoms with E-state index in [4.69, 9.17) is 4.74 Å². The summed E-state index contributed by atoms with van der Waals surface area (Å²) in [6.45, 7) is 4.35. The maximum absolute atomic E-state index is 11.8. The average Bonchev–Trinajstić information content (AvgIpc) is 3.01. The first kappa shape index (κ1) is 20.5. The van der Waals surface area contributed by atoms with Crippen LogP contribution in [-0.4, -0.2) is 60.2 Å². The smallest absolute Gasteiger partial charge is 0.213 e. The minimum atomic E-state index is -3.18. The third-order valence-electron chi connectivity index (χ3n) is 3.71. The quantitative estimate of drug-likeness (QED) is 0.349. The first-order valence-corrected chi connectivity index (χ1v) is 10.7. The van der Waals surface area contributed by atoms with Crippen LogP contribution in [-0.2, 0) is 16.6 Å². The highest BCUT2D eigenvalue weighted by molar-refractivity contribution is 7.99. The van der Waals surface area contributed by atoms with Crippen LogP contribution in [0.25, 0.3) is 11.4 Å². The standard InChI is InChI=1S/C17H24N4O3S2/c1-5-11-21-16(14-9-6-7-10-15(14)24-4)18-19-17(21)25-12-8-13-26(22,23)20(2)3/h5-7,9-10H,1,8,11-13H2,2-4H3. The molecule has 0 saturated carbocycles. The summed E-state index contributed by atoms with van der Waals surface area (Å²) in [5.74, 6) is 2.17. The van der Waals surface area contributed by atoms with Crippen molar-refractivity contribution in [1.82, 2.24) is 19.1 Å². The normalized spacial score (nSPS) is 11.7. The van der Waals surface area contributed by atoms with Gasteiger partial charge in [-0.2, -0.15) is 0 Å². The lowest BCUT2D eigenvalue weighted by atomic mass is 10.2. The van der Waals surface area contributed by atoms with Gasteiger partial charge < -0.3 is 4.74 Å². The molecule has 0 aliphatic rings. The van der Waals surface area contributed by atoms with E-state index in [0.717, 1.165) is 16.5 Å². The second-order valence-electron chi connectivity index (χ2n) is 5.71. The molecule has 7 nitrogen and oxygen atoms in total. The lowest BCUT2D eigenvalue weighted by molar-refractivity contribution is 0.416. The predicted octanol–water partition coefficient (Wildman–Crippen LogP) is 2.51. The van der Waals surface area contributed by atoms with Gasteiger partial charge in [-0.25, -0.2) is 12.7 Å². The molecule has 2 rings (SSSR count). The van der Waals surface area contributed by atoms with E-state index < -0.39 is 10.0 Å². The van der Waals surface area contributed by atoms with Gasteiger partial charge in [-0.3, -0.25) is 4.57 Å². The van der Waals surface area contributed by atoms with Crippen molar-refractivity contribution in [3.8, 4) is 17.1 Å². The molecule has 0 aliphatic heterocycles. The van der Waals surface area contributed by atoms with Gasteiger partial charge in [-0.1, -0.05) is 30.0 Å². The fourth-order valence-electron chi connectivity index (χ4n) is 2.31. The number of para-hydroxylation sites is 1. The van der Waals surface area contributed by atoms with Crippen molar-refractivity contribution >= 4 is 21.8 Å². The number of benzene rings is 1. The SMILES string of the molecule is C=CCn1c(SCCCS(=O)(=O)N(C)C)nnc1-c1ccccc1OC. The first-order chi connectivity index (χ1) is 12.4. The van der Waals surface area contributed by atoms with Gasteiger partial charge in [0.1, 0.15) is 5.75 Å². The molecule has 0 spiro atoms.